The second-order valence-corrected chi connectivity index (χ2v) is 3.52. The number of aromatic hydroxyl groups is 1. The first kappa shape index (κ1) is 8.30. The van der Waals surface area contributed by atoms with Crippen LogP contribution in [0.3, 0.4) is 0 Å². The van der Waals surface area contributed by atoms with Gasteiger partial charge in [0.1, 0.15) is 5.75 Å². The summed E-state index contributed by atoms with van der Waals surface area (Å²) in [5, 5.41) is 9.44. The molecule has 0 saturated heterocycles. The van der Waals surface area contributed by atoms with Gasteiger partial charge < -0.3 is 5.11 Å². The molecule has 0 fully saturated rings. The van der Waals surface area contributed by atoms with E-state index in [0.717, 1.165) is 29.5 Å². The maximum absolute atomic E-state index is 11.5. The van der Waals surface area contributed by atoms with Gasteiger partial charge in [0, 0.05) is 17.5 Å². The van der Waals surface area contributed by atoms with Gasteiger partial charge in [-0.3, -0.25) is 4.79 Å². The minimum atomic E-state index is 0.176. The molecule has 1 aliphatic carbocycles. The quantitative estimate of drug-likeness (QED) is 0.658. The Morgan fingerprint density at radius 2 is 2.08 bits per heavy atom. The first-order valence-corrected chi connectivity index (χ1v) is 4.55. The molecular formula is C11H12O2. The van der Waals surface area contributed by atoms with Gasteiger partial charge in [0.2, 0.25) is 0 Å². The summed E-state index contributed by atoms with van der Waals surface area (Å²) in [7, 11) is 0. The van der Waals surface area contributed by atoms with Gasteiger partial charge >= 0.3 is 0 Å². The average molecular weight is 176 g/mol. The van der Waals surface area contributed by atoms with Crippen LogP contribution in [0.25, 0.3) is 0 Å². The highest BCUT2D eigenvalue weighted by Crippen LogP contribution is 2.29. The zero-order chi connectivity index (χ0) is 9.42. The van der Waals surface area contributed by atoms with Crippen molar-refractivity contribution in [2.45, 2.75) is 26.2 Å². The van der Waals surface area contributed by atoms with Crippen LogP contribution in [0, 0.1) is 6.92 Å². The van der Waals surface area contributed by atoms with Crippen LogP contribution in [0.1, 0.15) is 34.3 Å². The molecule has 0 unspecified atom stereocenters. The molecule has 0 spiro atoms. The van der Waals surface area contributed by atoms with Crippen LogP contribution >= 0.6 is 0 Å². The van der Waals surface area contributed by atoms with Crippen molar-refractivity contribution in [2.24, 2.45) is 0 Å². The molecule has 0 saturated carbocycles. The fourth-order valence-electron chi connectivity index (χ4n) is 1.92. The number of carbonyl (C=O) groups is 1. The van der Waals surface area contributed by atoms with Crippen molar-refractivity contribution in [3.8, 4) is 5.75 Å². The van der Waals surface area contributed by atoms with Crippen LogP contribution in [-0.2, 0) is 6.42 Å². The maximum atomic E-state index is 11.5. The molecule has 1 aromatic rings. The smallest absolute Gasteiger partial charge is 0.163 e. The highest BCUT2D eigenvalue weighted by atomic mass is 16.3. The number of aryl methyl sites for hydroxylation is 1. The van der Waals surface area contributed by atoms with E-state index in [-0.39, 0.29) is 11.5 Å². The van der Waals surface area contributed by atoms with Crippen LogP contribution in [0.4, 0.5) is 0 Å². The summed E-state index contributed by atoms with van der Waals surface area (Å²) < 4.78 is 0. The molecule has 1 N–H and O–H groups in total. The number of rotatable bonds is 0. The van der Waals surface area contributed by atoms with Gasteiger partial charge in [0.25, 0.3) is 0 Å². The number of Topliss-reactive ketones (excluding diaryl/α,β-unsaturated/α-hetero) is 1. The molecule has 1 aromatic carbocycles. The van der Waals surface area contributed by atoms with Crippen molar-refractivity contribution in [2.75, 3.05) is 0 Å². The average Bonchev–Trinajstić information content (AvgIpc) is 2.12. The lowest BCUT2D eigenvalue weighted by atomic mass is 9.87. The van der Waals surface area contributed by atoms with E-state index in [1.54, 1.807) is 13.0 Å². The third-order valence-electron chi connectivity index (χ3n) is 2.65. The predicted molar refractivity (Wildman–Crippen MR) is 50.1 cm³/mol. The first-order chi connectivity index (χ1) is 6.20. The van der Waals surface area contributed by atoms with Crippen molar-refractivity contribution >= 4 is 5.78 Å². The van der Waals surface area contributed by atoms with E-state index in [2.05, 4.69) is 0 Å². The van der Waals surface area contributed by atoms with Gasteiger partial charge in [-0.2, -0.15) is 0 Å². The summed E-state index contributed by atoms with van der Waals surface area (Å²) in [6.07, 6.45) is 2.52. The number of ketones is 1. The summed E-state index contributed by atoms with van der Waals surface area (Å²) in [6.45, 7) is 1.80. The Morgan fingerprint density at radius 1 is 1.31 bits per heavy atom. The van der Waals surface area contributed by atoms with Crippen LogP contribution in [0.5, 0.6) is 5.75 Å². The molecule has 68 valence electrons. The Balaban J connectivity index is 2.65. The largest absolute Gasteiger partial charge is 0.508 e. The summed E-state index contributed by atoms with van der Waals surface area (Å²) in [6, 6.07) is 3.53. The zero-order valence-electron chi connectivity index (χ0n) is 7.63. The molecule has 0 heterocycles. The molecule has 0 atom stereocenters. The Labute approximate surface area is 77.2 Å². The highest BCUT2D eigenvalue weighted by Gasteiger charge is 2.20. The second kappa shape index (κ2) is 2.87. The molecule has 2 nitrogen and oxygen atoms in total. The number of phenols is 1. The predicted octanol–water partition coefficient (Wildman–Crippen LogP) is 2.22. The normalized spacial score (nSPS) is 15.6. The Kier molecular flexibility index (Phi) is 1.83. The van der Waals surface area contributed by atoms with E-state index >= 15 is 0 Å². The molecule has 0 amide bonds. The van der Waals surface area contributed by atoms with Gasteiger partial charge in [0.05, 0.1) is 0 Å². The SMILES string of the molecule is Cc1c(O)ccc2c1C(=O)CCC2. The van der Waals surface area contributed by atoms with E-state index < -0.39 is 0 Å². The first-order valence-electron chi connectivity index (χ1n) is 4.55. The van der Waals surface area contributed by atoms with Crippen LogP contribution in [0.15, 0.2) is 12.1 Å². The Bertz CT molecular complexity index is 367. The number of benzene rings is 1. The van der Waals surface area contributed by atoms with E-state index in [1.807, 2.05) is 6.07 Å². The van der Waals surface area contributed by atoms with Gasteiger partial charge in [-0.1, -0.05) is 6.07 Å². The number of hydrogen-bond acceptors (Lipinski definition) is 2. The van der Waals surface area contributed by atoms with E-state index in [0.29, 0.717) is 6.42 Å². The Morgan fingerprint density at radius 3 is 2.85 bits per heavy atom. The van der Waals surface area contributed by atoms with Crippen molar-refractivity contribution in [1.82, 2.24) is 0 Å². The number of fused-ring (bicyclic) bond motifs is 1. The summed E-state index contributed by atoms with van der Waals surface area (Å²) in [5.74, 6) is 0.406. The molecule has 0 bridgehead atoms. The summed E-state index contributed by atoms with van der Waals surface area (Å²) in [5.41, 5.74) is 2.58. The molecule has 0 radical (unpaired) electrons. The number of hydrogen-bond donors (Lipinski definition) is 1. The lowest BCUT2D eigenvalue weighted by Gasteiger charge is -2.17. The van der Waals surface area contributed by atoms with E-state index in [1.165, 1.54) is 0 Å². The van der Waals surface area contributed by atoms with Crippen molar-refractivity contribution in [3.63, 3.8) is 0 Å². The third-order valence-corrected chi connectivity index (χ3v) is 2.65. The lowest BCUT2D eigenvalue weighted by molar-refractivity contribution is 0.0971. The minimum Gasteiger partial charge on any atom is -0.508 e. The fourth-order valence-corrected chi connectivity index (χ4v) is 1.92. The molecule has 0 aliphatic heterocycles. The molecule has 2 heteroatoms. The fraction of sp³-hybridized carbons (Fsp3) is 0.364. The summed E-state index contributed by atoms with van der Waals surface area (Å²) >= 11 is 0. The van der Waals surface area contributed by atoms with Gasteiger partial charge in [0.15, 0.2) is 5.78 Å². The zero-order valence-corrected chi connectivity index (χ0v) is 7.63. The van der Waals surface area contributed by atoms with Gasteiger partial charge in [-0.05, 0) is 31.4 Å². The summed E-state index contributed by atoms with van der Waals surface area (Å²) in [4.78, 5) is 11.5. The van der Waals surface area contributed by atoms with E-state index in [4.69, 9.17) is 0 Å². The van der Waals surface area contributed by atoms with Crippen LogP contribution in [-0.4, -0.2) is 10.9 Å². The molecule has 1 aliphatic rings. The topological polar surface area (TPSA) is 37.3 Å². The lowest BCUT2D eigenvalue weighted by Crippen LogP contribution is -2.12. The molecule has 2 rings (SSSR count). The van der Waals surface area contributed by atoms with E-state index in [9.17, 15) is 9.90 Å². The maximum Gasteiger partial charge on any atom is 0.163 e. The number of phenolic OH excluding ortho intramolecular Hbond substituents is 1. The number of carbonyl (C=O) groups excluding carboxylic acids is 1. The molecule has 0 aromatic heterocycles. The van der Waals surface area contributed by atoms with Crippen LogP contribution < -0.4 is 0 Å². The second-order valence-electron chi connectivity index (χ2n) is 3.52. The van der Waals surface area contributed by atoms with Crippen molar-refractivity contribution < 1.29 is 9.90 Å². The van der Waals surface area contributed by atoms with Crippen LogP contribution in [0.2, 0.25) is 0 Å². The Hall–Kier alpha value is -1.31. The monoisotopic (exact) mass is 176 g/mol. The van der Waals surface area contributed by atoms with Crippen molar-refractivity contribution in [1.29, 1.82) is 0 Å². The van der Waals surface area contributed by atoms with Gasteiger partial charge in [-0.15, -0.1) is 0 Å². The highest BCUT2D eigenvalue weighted by molar-refractivity contribution is 6.00. The molecule has 13 heavy (non-hydrogen) atoms. The third kappa shape index (κ3) is 1.22. The standard InChI is InChI=1S/C11H12O2/c1-7-9(12)6-5-8-3-2-4-10(13)11(7)8/h5-6,12H,2-4H2,1H3. The molecular weight excluding hydrogens is 164 g/mol. The minimum absolute atomic E-state index is 0.176. The van der Waals surface area contributed by atoms with Gasteiger partial charge in [-0.25, -0.2) is 0 Å². The van der Waals surface area contributed by atoms with Crippen molar-refractivity contribution in [3.05, 3.63) is 28.8 Å².